The van der Waals surface area contributed by atoms with Gasteiger partial charge in [0.15, 0.2) is 0 Å². The van der Waals surface area contributed by atoms with E-state index >= 15 is 0 Å². The highest BCUT2D eigenvalue weighted by atomic mass is 32.3. The first-order valence-corrected chi connectivity index (χ1v) is 20.6. The van der Waals surface area contributed by atoms with Gasteiger partial charge in [0.25, 0.3) is 0 Å². The summed E-state index contributed by atoms with van der Waals surface area (Å²) in [7, 11) is -1.10. The van der Waals surface area contributed by atoms with Crippen LogP contribution >= 0.6 is 10.0 Å². The van der Waals surface area contributed by atoms with Crippen molar-refractivity contribution in [2.45, 2.75) is 9.79 Å². The third kappa shape index (κ3) is 4.47. The summed E-state index contributed by atoms with van der Waals surface area (Å²) in [4.78, 5) is 13.5. The molecule has 0 N–H and O–H groups in total. The zero-order valence-electron chi connectivity index (χ0n) is 29.5. The summed E-state index contributed by atoms with van der Waals surface area (Å²) in [5.41, 5.74) is 11.3. The van der Waals surface area contributed by atoms with E-state index in [2.05, 4.69) is 176 Å². The second-order valence-electron chi connectivity index (χ2n) is 14.5. The van der Waals surface area contributed by atoms with Crippen LogP contribution in [0.25, 0.3) is 98.9 Å². The quantitative estimate of drug-likeness (QED) is 0.172. The van der Waals surface area contributed by atoms with Gasteiger partial charge >= 0.3 is 0 Å². The minimum atomic E-state index is -1.10. The molecular formula is C50H34N2S. The summed E-state index contributed by atoms with van der Waals surface area (Å²) in [6.45, 7) is 0. The number of pyridine rings is 2. The topological polar surface area (TPSA) is 25.8 Å². The Bertz CT molecular complexity index is 3140. The van der Waals surface area contributed by atoms with Crippen LogP contribution in [0.2, 0.25) is 0 Å². The number of nitrogens with zero attached hydrogens (tertiary/aromatic N) is 2. The van der Waals surface area contributed by atoms with E-state index in [1.165, 1.54) is 64.4 Å². The van der Waals surface area contributed by atoms with Gasteiger partial charge in [0, 0.05) is 37.3 Å². The Balaban J connectivity index is 1.12. The molecule has 3 heteroatoms. The Morgan fingerprint density at radius 2 is 0.925 bits per heavy atom. The van der Waals surface area contributed by atoms with Crippen LogP contribution in [-0.2, 0) is 0 Å². The van der Waals surface area contributed by atoms with Crippen LogP contribution in [0.4, 0.5) is 0 Å². The number of fused-ring (bicyclic) bond motifs is 11. The van der Waals surface area contributed by atoms with E-state index in [0.29, 0.717) is 0 Å². The van der Waals surface area contributed by atoms with Crippen LogP contribution in [0, 0.1) is 0 Å². The van der Waals surface area contributed by atoms with Gasteiger partial charge in [-0.2, -0.15) is 10.0 Å². The van der Waals surface area contributed by atoms with Crippen molar-refractivity contribution in [3.8, 4) is 44.8 Å². The number of hydrogen-bond donors (Lipinski definition) is 0. The second kappa shape index (κ2) is 11.4. The standard InChI is InChI=1S/C50H34N2S/c1-53(2)45-21-9-8-16-41(45)48-46(53)29-26-34-30-42(38-14-6-7-15-40(38)47(34)48)37-19-10-18-36-35(37)17-11-20-39(36)44-28-25-33-23-22-32-24-27-43(31-12-4-3-5-13-31)51-49(32)50(33)52-44/h3-30H,1-2H3. The van der Waals surface area contributed by atoms with Crippen molar-refractivity contribution >= 4 is 64.2 Å². The highest BCUT2D eigenvalue weighted by Crippen LogP contribution is 2.68. The Labute approximate surface area is 309 Å². The summed E-state index contributed by atoms with van der Waals surface area (Å²) >= 11 is 0. The van der Waals surface area contributed by atoms with Crippen LogP contribution in [0.15, 0.2) is 180 Å². The lowest BCUT2D eigenvalue weighted by Gasteiger charge is -2.28. The third-order valence-corrected chi connectivity index (χ3v) is 14.2. The molecule has 1 aliphatic rings. The molecule has 0 saturated heterocycles. The lowest BCUT2D eigenvalue weighted by Crippen LogP contribution is -1.93. The predicted octanol–water partition coefficient (Wildman–Crippen LogP) is 13.7. The van der Waals surface area contributed by atoms with Gasteiger partial charge in [-0.1, -0.05) is 140 Å². The van der Waals surface area contributed by atoms with Crippen molar-refractivity contribution in [2.75, 3.05) is 12.5 Å². The smallest absolute Gasteiger partial charge is 0.0972 e. The largest absolute Gasteiger partial charge is 0.245 e. The van der Waals surface area contributed by atoms with Crippen molar-refractivity contribution < 1.29 is 0 Å². The van der Waals surface area contributed by atoms with Crippen LogP contribution < -0.4 is 0 Å². The lowest BCUT2D eigenvalue weighted by molar-refractivity contribution is 1.37. The average molecular weight is 695 g/mol. The van der Waals surface area contributed by atoms with Gasteiger partial charge in [-0.15, -0.1) is 0 Å². The van der Waals surface area contributed by atoms with Crippen LogP contribution in [-0.4, -0.2) is 22.5 Å². The summed E-state index contributed by atoms with van der Waals surface area (Å²) in [6, 6.07) is 61.9. The van der Waals surface area contributed by atoms with Crippen molar-refractivity contribution in [3.63, 3.8) is 0 Å². The molecule has 53 heavy (non-hydrogen) atoms. The van der Waals surface area contributed by atoms with Gasteiger partial charge in [-0.25, -0.2) is 9.97 Å². The lowest BCUT2D eigenvalue weighted by atomic mass is 9.87. The molecule has 0 unspecified atom stereocenters. The minimum Gasteiger partial charge on any atom is -0.245 e. The molecule has 0 fully saturated rings. The molecule has 8 aromatic carbocycles. The first kappa shape index (κ1) is 30.3. The Kier molecular flexibility index (Phi) is 6.50. The molecule has 1 aliphatic heterocycles. The number of rotatable bonds is 3. The van der Waals surface area contributed by atoms with Crippen molar-refractivity contribution in [2.24, 2.45) is 0 Å². The van der Waals surface area contributed by atoms with Crippen LogP contribution in [0.1, 0.15) is 0 Å². The van der Waals surface area contributed by atoms with E-state index in [1.807, 2.05) is 6.07 Å². The van der Waals surface area contributed by atoms with Gasteiger partial charge in [0.2, 0.25) is 0 Å². The molecule has 11 rings (SSSR count). The number of aromatic nitrogens is 2. The maximum atomic E-state index is 5.35. The summed E-state index contributed by atoms with van der Waals surface area (Å²) in [5.74, 6) is 0. The molecule has 0 amide bonds. The third-order valence-electron chi connectivity index (χ3n) is 11.3. The van der Waals surface area contributed by atoms with E-state index in [9.17, 15) is 0 Å². The highest BCUT2D eigenvalue weighted by molar-refractivity contribution is 8.33. The normalized spacial score (nSPS) is 13.8. The minimum absolute atomic E-state index is 0.922. The predicted molar refractivity (Wildman–Crippen MR) is 227 cm³/mol. The molecule has 0 saturated carbocycles. The fourth-order valence-electron chi connectivity index (χ4n) is 8.79. The van der Waals surface area contributed by atoms with Crippen LogP contribution in [0.3, 0.4) is 0 Å². The van der Waals surface area contributed by atoms with E-state index in [0.717, 1.165) is 44.3 Å². The van der Waals surface area contributed by atoms with Gasteiger partial charge in [-0.3, -0.25) is 0 Å². The zero-order valence-corrected chi connectivity index (χ0v) is 30.3. The molecular weight excluding hydrogens is 661 g/mol. The molecule has 2 nitrogen and oxygen atoms in total. The molecule has 0 atom stereocenters. The zero-order chi connectivity index (χ0) is 35.3. The highest BCUT2D eigenvalue weighted by Gasteiger charge is 2.33. The van der Waals surface area contributed by atoms with E-state index in [1.54, 1.807) is 0 Å². The number of benzene rings is 8. The molecule has 0 radical (unpaired) electrons. The van der Waals surface area contributed by atoms with Gasteiger partial charge in [0.1, 0.15) is 0 Å². The van der Waals surface area contributed by atoms with E-state index in [-0.39, 0.29) is 0 Å². The maximum absolute atomic E-state index is 5.35. The molecule has 3 heterocycles. The summed E-state index contributed by atoms with van der Waals surface area (Å²) in [5, 5.41) is 9.81. The van der Waals surface area contributed by atoms with Crippen molar-refractivity contribution in [1.29, 1.82) is 0 Å². The first-order chi connectivity index (χ1) is 26.0. The van der Waals surface area contributed by atoms with Gasteiger partial charge in [-0.05, 0) is 91.9 Å². The molecule has 250 valence electrons. The Hall–Kier alpha value is -6.29. The Morgan fingerprint density at radius 3 is 1.72 bits per heavy atom. The molecule has 10 aromatic rings. The molecule has 0 spiro atoms. The SMILES string of the molecule is CS1(C)c2ccccc2-c2c1ccc1cc(-c3cccc4c(-c5ccc6ccc7ccc(-c8ccccc8)nc7c6n5)cccc34)c3ccccc3c21. The molecule has 2 aromatic heterocycles. The first-order valence-electron chi connectivity index (χ1n) is 18.1. The van der Waals surface area contributed by atoms with Crippen LogP contribution in [0.5, 0.6) is 0 Å². The average Bonchev–Trinajstić information content (AvgIpc) is 3.45. The van der Waals surface area contributed by atoms with Crippen molar-refractivity contribution in [3.05, 3.63) is 170 Å². The summed E-state index contributed by atoms with van der Waals surface area (Å²) < 4.78 is 0. The molecule has 0 aliphatic carbocycles. The van der Waals surface area contributed by atoms with Crippen molar-refractivity contribution in [1.82, 2.24) is 9.97 Å². The van der Waals surface area contributed by atoms with E-state index in [4.69, 9.17) is 9.97 Å². The van der Waals surface area contributed by atoms with E-state index < -0.39 is 10.0 Å². The monoisotopic (exact) mass is 694 g/mol. The second-order valence-corrected chi connectivity index (χ2v) is 18.0. The Morgan fingerprint density at radius 1 is 0.377 bits per heavy atom. The molecule has 0 bridgehead atoms. The van der Waals surface area contributed by atoms with Gasteiger partial charge in [0.05, 0.1) is 22.4 Å². The van der Waals surface area contributed by atoms with Gasteiger partial charge < -0.3 is 0 Å². The maximum Gasteiger partial charge on any atom is 0.0972 e. The fraction of sp³-hybridized carbons (Fsp3) is 0.0400. The fourth-order valence-corrected chi connectivity index (χ4v) is 11.3. The summed E-state index contributed by atoms with van der Waals surface area (Å²) in [6.07, 6.45) is 4.89. The number of hydrogen-bond acceptors (Lipinski definition) is 2.